The minimum absolute atomic E-state index is 0.0527. The third kappa shape index (κ3) is 3.88. The Bertz CT molecular complexity index is 735. The number of hydrogen-bond donors (Lipinski definition) is 0. The van der Waals surface area contributed by atoms with Gasteiger partial charge in [0.1, 0.15) is 5.82 Å². The maximum Gasteiger partial charge on any atom is 0.318 e. The molecule has 7 heteroatoms. The molecule has 0 N–H and O–H groups in total. The van der Waals surface area contributed by atoms with Crippen molar-refractivity contribution in [1.29, 1.82) is 0 Å². The zero-order valence-electron chi connectivity index (χ0n) is 15.2. The molecule has 0 saturated carbocycles. The Morgan fingerprint density at radius 1 is 1.15 bits per heavy atom. The van der Waals surface area contributed by atoms with Crippen LogP contribution in [-0.4, -0.2) is 54.5 Å². The van der Waals surface area contributed by atoms with Crippen molar-refractivity contribution >= 4 is 6.01 Å². The van der Waals surface area contributed by atoms with Crippen molar-refractivity contribution in [2.24, 2.45) is 5.41 Å². The van der Waals surface area contributed by atoms with E-state index in [-0.39, 0.29) is 11.2 Å². The number of nitrogens with zero attached hydrogens (tertiary/aromatic N) is 4. The molecule has 1 spiro atoms. The van der Waals surface area contributed by atoms with Gasteiger partial charge in [0, 0.05) is 38.5 Å². The summed E-state index contributed by atoms with van der Waals surface area (Å²) >= 11 is 0. The van der Waals surface area contributed by atoms with Gasteiger partial charge in [-0.2, -0.15) is 0 Å². The van der Waals surface area contributed by atoms with Crippen molar-refractivity contribution in [2.45, 2.75) is 26.3 Å². The average Bonchev–Trinajstić information content (AvgIpc) is 2.96. The minimum Gasteiger partial charge on any atom is -0.408 e. The molecule has 140 valence electrons. The summed E-state index contributed by atoms with van der Waals surface area (Å²) in [6.45, 7) is 7.69. The average molecular weight is 360 g/mol. The first kappa shape index (κ1) is 17.4. The number of ether oxygens (including phenoxy) is 1. The lowest BCUT2D eigenvalue weighted by atomic mass is 9.80. The van der Waals surface area contributed by atoms with E-state index in [1.807, 2.05) is 19.1 Å². The minimum atomic E-state index is -0.188. The van der Waals surface area contributed by atoms with E-state index in [1.54, 1.807) is 0 Å². The zero-order valence-corrected chi connectivity index (χ0v) is 15.2. The molecular weight excluding hydrogens is 335 g/mol. The van der Waals surface area contributed by atoms with E-state index in [0.717, 1.165) is 57.7 Å². The molecule has 2 fully saturated rings. The van der Waals surface area contributed by atoms with Crippen LogP contribution in [0.3, 0.4) is 0 Å². The summed E-state index contributed by atoms with van der Waals surface area (Å²) in [5.41, 5.74) is 1.19. The molecule has 4 rings (SSSR count). The summed E-state index contributed by atoms with van der Waals surface area (Å²) in [5, 5.41) is 8.15. The normalized spacial score (nSPS) is 24.8. The first-order valence-electron chi connectivity index (χ1n) is 9.22. The van der Waals surface area contributed by atoms with Gasteiger partial charge in [-0.05, 0) is 37.1 Å². The van der Waals surface area contributed by atoms with Crippen molar-refractivity contribution in [3.63, 3.8) is 0 Å². The van der Waals surface area contributed by atoms with Crippen molar-refractivity contribution in [2.75, 3.05) is 44.3 Å². The van der Waals surface area contributed by atoms with Crippen LogP contribution in [0.4, 0.5) is 10.4 Å². The van der Waals surface area contributed by atoms with Gasteiger partial charge in [-0.25, -0.2) is 4.39 Å². The second-order valence-electron chi connectivity index (χ2n) is 7.52. The molecule has 3 heterocycles. The maximum absolute atomic E-state index is 13.1. The van der Waals surface area contributed by atoms with E-state index in [0.29, 0.717) is 18.5 Å². The summed E-state index contributed by atoms with van der Waals surface area (Å²) in [4.78, 5) is 4.61. The van der Waals surface area contributed by atoms with Gasteiger partial charge < -0.3 is 14.1 Å². The smallest absolute Gasteiger partial charge is 0.318 e. The highest BCUT2D eigenvalue weighted by Crippen LogP contribution is 2.34. The molecule has 0 bridgehead atoms. The van der Waals surface area contributed by atoms with Crippen LogP contribution >= 0.6 is 0 Å². The van der Waals surface area contributed by atoms with Crippen LogP contribution in [-0.2, 0) is 11.3 Å². The van der Waals surface area contributed by atoms with Gasteiger partial charge in [0.05, 0.1) is 13.2 Å². The lowest BCUT2D eigenvalue weighted by Crippen LogP contribution is -2.50. The Hall–Kier alpha value is -1.99. The fraction of sp³-hybridized carbons (Fsp3) is 0.579. The predicted molar refractivity (Wildman–Crippen MR) is 95.4 cm³/mol. The van der Waals surface area contributed by atoms with Crippen LogP contribution < -0.4 is 4.90 Å². The van der Waals surface area contributed by atoms with Crippen LogP contribution in [0.15, 0.2) is 28.7 Å². The van der Waals surface area contributed by atoms with Gasteiger partial charge in [-0.1, -0.05) is 17.2 Å². The molecule has 0 amide bonds. The molecule has 2 aliphatic rings. The highest BCUT2D eigenvalue weighted by atomic mass is 19.1. The molecule has 2 saturated heterocycles. The van der Waals surface area contributed by atoms with E-state index in [9.17, 15) is 4.39 Å². The van der Waals surface area contributed by atoms with Crippen LogP contribution in [0.2, 0.25) is 0 Å². The van der Waals surface area contributed by atoms with E-state index < -0.39 is 0 Å². The van der Waals surface area contributed by atoms with Gasteiger partial charge >= 0.3 is 6.01 Å². The van der Waals surface area contributed by atoms with Crippen molar-refractivity contribution in [3.05, 3.63) is 41.5 Å². The van der Waals surface area contributed by atoms with Crippen molar-refractivity contribution < 1.29 is 13.5 Å². The van der Waals surface area contributed by atoms with Crippen LogP contribution in [0.5, 0.6) is 0 Å². The van der Waals surface area contributed by atoms with Gasteiger partial charge in [0.2, 0.25) is 5.89 Å². The number of aromatic nitrogens is 2. The van der Waals surface area contributed by atoms with E-state index in [2.05, 4.69) is 20.0 Å². The first-order valence-corrected chi connectivity index (χ1v) is 9.22. The fourth-order valence-corrected chi connectivity index (χ4v) is 4.11. The summed E-state index contributed by atoms with van der Waals surface area (Å²) in [6.07, 6.45) is 2.25. The molecule has 1 unspecified atom stereocenters. The number of aryl methyl sites for hydroxylation is 1. The number of benzene rings is 1. The molecule has 1 aromatic carbocycles. The summed E-state index contributed by atoms with van der Waals surface area (Å²) < 4.78 is 24.7. The molecule has 26 heavy (non-hydrogen) atoms. The monoisotopic (exact) mass is 360 g/mol. The Morgan fingerprint density at radius 2 is 2.00 bits per heavy atom. The Morgan fingerprint density at radius 3 is 2.77 bits per heavy atom. The molecule has 2 aromatic rings. The largest absolute Gasteiger partial charge is 0.408 e. The van der Waals surface area contributed by atoms with Crippen LogP contribution in [0.25, 0.3) is 0 Å². The van der Waals surface area contributed by atoms with Crippen molar-refractivity contribution in [1.82, 2.24) is 15.1 Å². The van der Waals surface area contributed by atoms with Gasteiger partial charge in [0.25, 0.3) is 0 Å². The Labute approximate surface area is 152 Å². The Kier molecular flexibility index (Phi) is 4.91. The van der Waals surface area contributed by atoms with E-state index in [4.69, 9.17) is 9.15 Å². The summed E-state index contributed by atoms with van der Waals surface area (Å²) in [5.74, 6) is 0.396. The third-order valence-electron chi connectivity index (χ3n) is 5.29. The number of rotatable bonds is 3. The molecule has 1 atom stereocenters. The maximum atomic E-state index is 13.1. The van der Waals surface area contributed by atoms with Gasteiger partial charge in [-0.3, -0.25) is 4.90 Å². The van der Waals surface area contributed by atoms with Gasteiger partial charge in [0.15, 0.2) is 0 Å². The van der Waals surface area contributed by atoms with E-state index >= 15 is 0 Å². The van der Waals surface area contributed by atoms with E-state index in [1.165, 1.54) is 12.1 Å². The third-order valence-corrected chi connectivity index (χ3v) is 5.29. The highest BCUT2D eigenvalue weighted by Gasteiger charge is 2.40. The Balaban J connectivity index is 1.47. The summed E-state index contributed by atoms with van der Waals surface area (Å²) in [6, 6.07) is 7.39. The number of likely N-dealkylation sites (tertiary alicyclic amines) is 1. The van der Waals surface area contributed by atoms with Crippen LogP contribution in [0, 0.1) is 18.2 Å². The summed E-state index contributed by atoms with van der Waals surface area (Å²) in [7, 11) is 0. The molecule has 2 aliphatic heterocycles. The highest BCUT2D eigenvalue weighted by molar-refractivity contribution is 5.26. The number of halogens is 1. The standard InChI is InChI=1S/C19H25FN4O2/c1-15-21-22-18(26-15)24-9-10-25-14-19(13-24)7-2-8-23(12-19)11-16-3-5-17(20)6-4-16/h3-6H,2,7-14H2,1H3. The van der Waals surface area contributed by atoms with Gasteiger partial charge in [-0.15, -0.1) is 5.10 Å². The quantitative estimate of drug-likeness (QED) is 0.839. The van der Waals surface area contributed by atoms with Crippen LogP contribution in [0.1, 0.15) is 24.3 Å². The molecule has 0 radical (unpaired) electrons. The molecule has 6 nitrogen and oxygen atoms in total. The SMILES string of the molecule is Cc1nnc(N2CCOCC3(CCCN(Cc4ccc(F)cc4)C3)C2)o1. The number of anilines is 1. The second-order valence-corrected chi connectivity index (χ2v) is 7.52. The van der Waals surface area contributed by atoms with Crippen molar-refractivity contribution in [3.8, 4) is 0 Å². The number of piperidine rings is 1. The zero-order chi connectivity index (χ0) is 18.0. The number of hydrogen-bond acceptors (Lipinski definition) is 6. The second kappa shape index (κ2) is 7.32. The first-order chi connectivity index (χ1) is 12.6. The lowest BCUT2D eigenvalue weighted by molar-refractivity contribution is 0.0105. The molecule has 0 aliphatic carbocycles. The topological polar surface area (TPSA) is 54.6 Å². The molecule has 1 aromatic heterocycles. The molecular formula is C19H25FN4O2. The fourth-order valence-electron chi connectivity index (χ4n) is 4.11. The lowest BCUT2D eigenvalue weighted by Gasteiger charge is -2.43. The predicted octanol–water partition coefficient (Wildman–Crippen LogP) is 2.64.